The maximum atomic E-state index is 14.1. The third kappa shape index (κ3) is 5.19. The zero-order valence-corrected chi connectivity index (χ0v) is 23.7. The van der Waals surface area contributed by atoms with Crippen molar-refractivity contribution in [1.29, 1.82) is 0 Å². The zero-order valence-electron chi connectivity index (χ0n) is 22.2. The lowest BCUT2D eigenvalue weighted by Crippen LogP contribution is -2.59. The van der Waals surface area contributed by atoms with Crippen LogP contribution >= 0.6 is 15.9 Å². The summed E-state index contributed by atoms with van der Waals surface area (Å²) in [5.74, 6) is -2.09. The number of aliphatic hydroxyl groups excluding tert-OH is 1. The number of benzene rings is 1. The van der Waals surface area contributed by atoms with Crippen LogP contribution in [-0.2, 0) is 25.7 Å². The Kier molecular flexibility index (Phi) is 8.65. The van der Waals surface area contributed by atoms with Gasteiger partial charge in [0.2, 0.25) is 17.7 Å². The molecular formula is C28H40BrN3O5. The number of nitrogens with zero attached hydrogens (tertiary/aromatic N) is 1. The fourth-order valence-corrected chi connectivity index (χ4v) is 7.55. The molecule has 3 aliphatic heterocycles. The first-order valence-electron chi connectivity index (χ1n) is 13.5. The number of amides is 3. The molecule has 4 rings (SSSR count). The molecule has 1 aromatic carbocycles. The summed E-state index contributed by atoms with van der Waals surface area (Å²) >= 11 is 3.70. The van der Waals surface area contributed by atoms with E-state index in [1.165, 1.54) is 0 Å². The molecule has 3 fully saturated rings. The lowest BCUT2D eigenvalue weighted by molar-refractivity contribution is -0.146. The van der Waals surface area contributed by atoms with E-state index in [-0.39, 0.29) is 41.1 Å². The summed E-state index contributed by atoms with van der Waals surface area (Å²) < 4.78 is 6.54. The second kappa shape index (κ2) is 11.4. The summed E-state index contributed by atoms with van der Waals surface area (Å²) in [5.41, 5.74) is -0.158. The van der Waals surface area contributed by atoms with E-state index in [4.69, 9.17) is 4.74 Å². The normalized spacial score (nSPS) is 31.9. The molecule has 9 heteroatoms. The number of rotatable bonds is 11. The van der Waals surface area contributed by atoms with Crippen LogP contribution in [0.1, 0.15) is 58.9 Å². The minimum atomic E-state index is -1.12. The van der Waals surface area contributed by atoms with Crippen LogP contribution in [0.3, 0.4) is 0 Å². The van der Waals surface area contributed by atoms with Crippen molar-refractivity contribution in [3.63, 3.8) is 0 Å². The standard InChI is InChI=1S/C28H40BrN3O5/c1-5-9-17(4)31-26(35)24-28-13-20(29)23(37-28)21(25(34)30-14-18-10-7-6-8-11-18)22(28)27(36)32(24)19(15-33)12-16(2)3/h6-8,10-11,16-17,19-24,33H,5,9,12-15H2,1-4H3,(H,30,34)(H,31,35)/t17?,19-,20?,21-,22+,23-,24?,28?/m1/s1. The molecular weight excluding hydrogens is 538 g/mol. The summed E-state index contributed by atoms with van der Waals surface area (Å²) in [5, 5.41) is 16.4. The highest BCUT2D eigenvalue weighted by molar-refractivity contribution is 9.09. The number of carbonyl (C=O) groups excluding carboxylic acids is 3. The number of hydrogen-bond donors (Lipinski definition) is 3. The fourth-order valence-electron chi connectivity index (χ4n) is 6.61. The Balaban J connectivity index is 1.68. The molecule has 3 amide bonds. The molecule has 1 spiro atoms. The Morgan fingerprint density at radius 3 is 2.54 bits per heavy atom. The maximum Gasteiger partial charge on any atom is 0.246 e. The minimum Gasteiger partial charge on any atom is -0.394 e. The molecule has 8 nitrogen and oxygen atoms in total. The van der Waals surface area contributed by atoms with Crippen LogP contribution in [0.5, 0.6) is 0 Å². The number of aliphatic hydroxyl groups is 1. The highest BCUT2D eigenvalue weighted by Gasteiger charge is 2.77. The van der Waals surface area contributed by atoms with E-state index >= 15 is 0 Å². The number of likely N-dealkylation sites (tertiary alicyclic amines) is 1. The van der Waals surface area contributed by atoms with Crippen molar-refractivity contribution in [3.05, 3.63) is 35.9 Å². The van der Waals surface area contributed by atoms with Crippen molar-refractivity contribution in [3.8, 4) is 0 Å². The van der Waals surface area contributed by atoms with Gasteiger partial charge in [0, 0.05) is 17.4 Å². The van der Waals surface area contributed by atoms with Gasteiger partial charge in [-0.15, -0.1) is 0 Å². The molecule has 37 heavy (non-hydrogen) atoms. The fraction of sp³-hybridized carbons (Fsp3) is 0.679. The van der Waals surface area contributed by atoms with E-state index in [9.17, 15) is 19.5 Å². The van der Waals surface area contributed by atoms with Gasteiger partial charge in [0.05, 0.1) is 30.6 Å². The number of ether oxygens (including phenoxy) is 1. The van der Waals surface area contributed by atoms with Gasteiger partial charge in [0.1, 0.15) is 11.6 Å². The molecule has 0 radical (unpaired) electrons. The van der Waals surface area contributed by atoms with Crippen molar-refractivity contribution < 1.29 is 24.2 Å². The van der Waals surface area contributed by atoms with Crippen LogP contribution in [0.4, 0.5) is 0 Å². The highest BCUT2D eigenvalue weighted by Crippen LogP contribution is 2.60. The molecule has 4 unspecified atom stereocenters. The predicted octanol–water partition coefficient (Wildman–Crippen LogP) is 2.76. The quantitative estimate of drug-likeness (QED) is 0.350. The van der Waals surface area contributed by atoms with E-state index in [0.717, 1.165) is 18.4 Å². The van der Waals surface area contributed by atoms with E-state index in [1.807, 2.05) is 51.1 Å². The average molecular weight is 579 g/mol. The van der Waals surface area contributed by atoms with Gasteiger partial charge in [-0.05, 0) is 37.7 Å². The second-order valence-corrected chi connectivity index (χ2v) is 12.5. The monoisotopic (exact) mass is 577 g/mol. The Bertz CT molecular complexity index is 991. The Morgan fingerprint density at radius 1 is 1.22 bits per heavy atom. The van der Waals surface area contributed by atoms with Gasteiger partial charge >= 0.3 is 0 Å². The van der Waals surface area contributed by atoms with Gasteiger partial charge in [-0.2, -0.15) is 0 Å². The lowest BCUT2D eigenvalue weighted by atomic mass is 9.70. The second-order valence-electron chi connectivity index (χ2n) is 11.3. The van der Waals surface area contributed by atoms with Gasteiger partial charge in [-0.25, -0.2) is 0 Å². The van der Waals surface area contributed by atoms with Crippen LogP contribution in [0, 0.1) is 17.8 Å². The van der Waals surface area contributed by atoms with Gasteiger partial charge in [-0.1, -0.05) is 73.5 Å². The number of halogens is 1. The maximum absolute atomic E-state index is 14.1. The molecule has 0 aliphatic carbocycles. The van der Waals surface area contributed by atoms with Gasteiger partial charge < -0.3 is 25.4 Å². The molecule has 8 atom stereocenters. The molecule has 3 N–H and O–H groups in total. The first-order chi connectivity index (χ1) is 17.6. The van der Waals surface area contributed by atoms with Crippen molar-refractivity contribution >= 4 is 33.7 Å². The molecule has 3 heterocycles. The summed E-state index contributed by atoms with van der Waals surface area (Å²) in [4.78, 5) is 42.9. The molecule has 204 valence electrons. The molecule has 3 saturated heterocycles. The smallest absolute Gasteiger partial charge is 0.246 e. The first kappa shape index (κ1) is 28.0. The molecule has 0 aromatic heterocycles. The number of carbonyl (C=O) groups is 3. The zero-order chi connectivity index (χ0) is 26.9. The Labute approximate surface area is 228 Å². The van der Waals surface area contributed by atoms with Crippen molar-refractivity contribution in [2.24, 2.45) is 17.8 Å². The van der Waals surface area contributed by atoms with Gasteiger partial charge in [-0.3, -0.25) is 14.4 Å². The molecule has 1 aromatic rings. The average Bonchev–Trinajstić information content (AvgIpc) is 3.45. The van der Waals surface area contributed by atoms with Crippen LogP contribution in [0.2, 0.25) is 0 Å². The summed E-state index contributed by atoms with van der Waals surface area (Å²) in [6.45, 7) is 8.15. The third-order valence-corrected chi connectivity index (χ3v) is 8.89. The van der Waals surface area contributed by atoms with E-state index in [2.05, 4.69) is 33.5 Å². The van der Waals surface area contributed by atoms with Gasteiger partial charge in [0.15, 0.2) is 0 Å². The van der Waals surface area contributed by atoms with Gasteiger partial charge in [0.25, 0.3) is 0 Å². The Morgan fingerprint density at radius 2 is 1.92 bits per heavy atom. The van der Waals surface area contributed by atoms with Crippen molar-refractivity contribution in [2.45, 2.75) is 94.6 Å². The first-order valence-corrected chi connectivity index (χ1v) is 14.4. The topological polar surface area (TPSA) is 108 Å². The predicted molar refractivity (Wildman–Crippen MR) is 144 cm³/mol. The highest BCUT2D eigenvalue weighted by atomic mass is 79.9. The van der Waals surface area contributed by atoms with E-state index < -0.39 is 35.6 Å². The number of fused-ring (bicyclic) bond motifs is 1. The Hall–Kier alpha value is -1.97. The number of hydrogen-bond acceptors (Lipinski definition) is 5. The van der Waals surface area contributed by atoms with Crippen LogP contribution in [0.15, 0.2) is 30.3 Å². The summed E-state index contributed by atoms with van der Waals surface area (Å²) in [7, 11) is 0. The van der Waals surface area contributed by atoms with E-state index in [1.54, 1.807) is 4.90 Å². The largest absolute Gasteiger partial charge is 0.394 e. The third-order valence-electron chi connectivity index (χ3n) is 8.05. The number of nitrogens with one attached hydrogen (secondary N) is 2. The number of alkyl halides is 1. The van der Waals surface area contributed by atoms with Crippen molar-refractivity contribution in [1.82, 2.24) is 15.5 Å². The summed E-state index contributed by atoms with van der Waals surface area (Å²) in [6, 6.07) is 8.11. The SMILES string of the molecule is CCCC(C)NC(=O)C1N([C@@H](CO)CC(C)C)C(=O)[C@@H]2[C@@H](C(=O)NCc3ccccc3)[C@@H]3OC12CC3Br. The van der Waals surface area contributed by atoms with Crippen LogP contribution in [0.25, 0.3) is 0 Å². The van der Waals surface area contributed by atoms with E-state index in [0.29, 0.717) is 19.4 Å². The molecule has 0 saturated carbocycles. The molecule has 3 aliphatic rings. The molecule has 2 bridgehead atoms. The lowest BCUT2D eigenvalue weighted by Gasteiger charge is -2.38. The summed E-state index contributed by atoms with van der Waals surface area (Å²) in [6.07, 6.45) is 2.22. The van der Waals surface area contributed by atoms with Crippen molar-refractivity contribution in [2.75, 3.05) is 6.61 Å². The van der Waals surface area contributed by atoms with Crippen LogP contribution < -0.4 is 10.6 Å². The minimum absolute atomic E-state index is 0.0640. The van der Waals surface area contributed by atoms with Crippen LogP contribution in [-0.4, -0.2) is 69.0 Å².